The van der Waals surface area contributed by atoms with Gasteiger partial charge in [-0.1, -0.05) is 182 Å². The molecule has 8 aromatic carbocycles. The Labute approximate surface area is 333 Å². The molecule has 0 spiro atoms. The molecule has 0 amide bonds. The second-order valence-electron chi connectivity index (χ2n) is 15.1. The Balaban J connectivity index is 1.32. The van der Waals surface area contributed by atoms with Crippen LogP contribution in [0.15, 0.2) is 182 Å². The number of fused-ring (bicyclic) bond motifs is 4. The van der Waals surface area contributed by atoms with E-state index in [9.17, 15) is 0 Å². The molecule has 0 saturated carbocycles. The first-order valence-electron chi connectivity index (χ1n) is 19.0. The number of allylic oxidation sites excluding steroid dienone is 2. The summed E-state index contributed by atoms with van der Waals surface area (Å²) in [5, 5.41) is 4.81. The summed E-state index contributed by atoms with van der Waals surface area (Å²) < 4.78 is 0. The van der Waals surface area contributed by atoms with Crippen LogP contribution in [0.5, 0.6) is 0 Å². The lowest BCUT2D eigenvalue weighted by atomic mass is 9.75. The molecule has 0 aromatic heterocycles. The topological polar surface area (TPSA) is 0 Å². The van der Waals surface area contributed by atoms with Gasteiger partial charge in [-0.05, 0) is 113 Å². The van der Waals surface area contributed by atoms with Crippen LogP contribution in [0.3, 0.4) is 0 Å². The summed E-state index contributed by atoms with van der Waals surface area (Å²) in [5.41, 5.74) is 15.9. The molecule has 0 nitrogen and oxygen atoms in total. The summed E-state index contributed by atoms with van der Waals surface area (Å²) in [6, 6.07) is 65.4. The zero-order valence-electron chi connectivity index (χ0n) is 30.8. The Hall–Kier alpha value is -5.66. The fourth-order valence-corrected chi connectivity index (χ4v) is 10.8. The van der Waals surface area contributed by atoms with Gasteiger partial charge in [0, 0.05) is 6.42 Å². The molecule has 0 fully saturated rings. The molecule has 2 unspecified atom stereocenters. The van der Waals surface area contributed by atoms with Crippen LogP contribution in [0.1, 0.15) is 62.1 Å². The quantitative estimate of drug-likeness (QED) is 0.149. The minimum absolute atomic E-state index is 0.416. The van der Waals surface area contributed by atoms with Gasteiger partial charge in [-0.3, -0.25) is 0 Å². The van der Waals surface area contributed by atoms with E-state index in [0.29, 0.717) is 6.42 Å². The van der Waals surface area contributed by atoms with Gasteiger partial charge in [-0.15, -0.1) is 23.2 Å². The van der Waals surface area contributed by atoms with E-state index in [1.807, 2.05) is 0 Å². The normalized spacial score (nSPS) is 19.0. The number of alkyl halides is 2. The largest absolute Gasteiger partial charge is 0.109 e. The van der Waals surface area contributed by atoms with Crippen LogP contribution < -0.4 is 0 Å². The third kappa shape index (κ3) is 5.12. The molecule has 2 heteroatoms. The summed E-state index contributed by atoms with van der Waals surface area (Å²) >= 11 is 17.3. The molecular formula is C53H38Cl2. The predicted molar refractivity (Wildman–Crippen MR) is 235 cm³/mol. The van der Waals surface area contributed by atoms with E-state index >= 15 is 0 Å². The van der Waals surface area contributed by atoms with Crippen molar-refractivity contribution >= 4 is 67.0 Å². The van der Waals surface area contributed by atoms with E-state index in [0.717, 1.165) is 66.8 Å². The van der Waals surface area contributed by atoms with Gasteiger partial charge < -0.3 is 0 Å². The van der Waals surface area contributed by atoms with Gasteiger partial charge in [0.05, 0.1) is 9.75 Å². The van der Waals surface area contributed by atoms with E-state index in [1.165, 1.54) is 32.7 Å². The highest BCUT2D eigenvalue weighted by atomic mass is 35.5. The molecule has 55 heavy (non-hydrogen) atoms. The van der Waals surface area contributed by atoms with Gasteiger partial charge in [-0.2, -0.15) is 0 Å². The minimum atomic E-state index is -1.02. The van der Waals surface area contributed by atoms with Crippen LogP contribution in [-0.2, 0) is 9.75 Å². The number of hydrogen-bond donors (Lipinski definition) is 0. The number of halogens is 2. The highest BCUT2D eigenvalue weighted by Gasteiger charge is 2.54. The third-order valence-corrected chi connectivity index (χ3v) is 13.0. The summed E-state index contributed by atoms with van der Waals surface area (Å²) in [6.07, 6.45) is 0.416. The monoisotopic (exact) mass is 744 g/mol. The number of aryl methyl sites for hydroxylation is 2. The lowest BCUT2D eigenvalue weighted by Gasteiger charge is -2.38. The lowest BCUT2D eigenvalue weighted by Crippen LogP contribution is -2.31. The molecule has 0 heterocycles. The SMILES string of the molecule is Cc1ccc(C2=C(c3ccccc3)c3ccccc3C2(Cl)CC2(Cl)C(c3ccc(C)c4ccccc34)=C(c3ccccc3)c3ccccc32)c2ccccc12. The summed E-state index contributed by atoms with van der Waals surface area (Å²) in [4.78, 5) is -2.04. The molecule has 0 bridgehead atoms. The van der Waals surface area contributed by atoms with Gasteiger partial charge in [0.25, 0.3) is 0 Å². The predicted octanol–water partition coefficient (Wildman–Crippen LogP) is 14.5. The average molecular weight is 746 g/mol. The van der Waals surface area contributed by atoms with Gasteiger partial charge in [0.15, 0.2) is 0 Å². The van der Waals surface area contributed by atoms with E-state index in [2.05, 4.69) is 196 Å². The smallest absolute Gasteiger partial charge is 0.0985 e. The summed E-state index contributed by atoms with van der Waals surface area (Å²) in [7, 11) is 0. The number of benzene rings is 8. The van der Waals surface area contributed by atoms with Gasteiger partial charge in [-0.25, -0.2) is 0 Å². The Morgan fingerprint density at radius 2 is 0.691 bits per heavy atom. The van der Waals surface area contributed by atoms with Crippen LogP contribution in [0, 0.1) is 13.8 Å². The van der Waals surface area contributed by atoms with Gasteiger partial charge >= 0.3 is 0 Å². The highest BCUT2D eigenvalue weighted by molar-refractivity contribution is 6.40. The highest BCUT2D eigenvalue weighted by Crippen LogP contribution is 2.66. The van der Waals surface area contributed by atoms with Crippen molar-refractivity contribution in [1.29, 1.82) is 0 Å². The van der Waals surface area contributed by atoms with Crippen LogP contribution >= 0.6 is 23.2 Å². The Bertz CT molecular complexity index is 2680. The van der Waals surface area contributed by atoms with Crippen molar-refractivity contribution in [3.8, 4) is 0 Å². The first-order chi connectivity index (χ1) is 26.9. The van der Waals surface area contributed by atoms with Crippen molar-refractivity contribution in [3.05, 3.63) is 238 Å². The Morgan fingerprint density at radius 3 is 1.11 bits per heavy atom. The minimum Gasteiger partial charge on any atom is -0.109 e. The number of rotatable bonds is 6. The zero-order chi connectivity index (χ0) is 37.3. The van der Waals surface area contributed by atoms with Crippen molar-refractivity contribution in [2.75, 3.05) is 0 Å². The maximum Gasteiger partial charge on any atom is 0.0985 e. The van der Waals surface area contributed by atoms with Crippen molar-refractivity contribution in [1.82, 2.24) is 0 Å². The summed E-state index contributed by atoms with van der Waals surface area (Å²) in [5.74, 6) is 0. The van der Waals surface area contributed by atoms with Crippen molar-refractivity contribution in [3.63, 3.8) is 0 Å². The van der Waals surface area contributed by atoms with Crippen molar-refractivity contribution in [2.24, 2.45) is 0 Å². The summed E-state index contributed by atoms with van der Waals surface area (Å²) in [6.45, 7) is 4.38. The van der Waals surface area contributed by atoms with E-state index in [-0.39, 0.29) is 0 Å². The molecule has 2 atom stereocenters. The first kappa shape index (κ1) is 33.9. The van der Waals surface area contributed by atoms with Crippen LogP contribution in [0.2, 0.25) is 0 Å². The van der Waals surface area contributed by atoms with Crippen molar-refractivity contribution < 1.29 is 0 Å². The first-order valence-corrected chi connectivity index (χ1v) is 19.8. The molecule has 0 saturated heterocycles. The van der Waals surface area contributed by atoms with Crippen LogP contribution in [0.4, 0.5) is 0 Å². The fraction of sp³-hybridized carbons (Fsp3) is 0.0943. The van der Waals surface area contributed by atoms with Gasteiger partial charge in [0.2, 0.25) is 0 Å². The molecular weight excluding hydrogens is 707 g/mol. The average Bonchev–Trinajstić information content (AvgIpc) is 3.63. The zero-order valence-corrected chi connectivity index (χ0v) is 32.3. The Kier molecular flexibility index (Phi) is 8.00. The van der Waals surface area contributed by atoms with Gasteiger partial charge in [0.1, 0.15) is 0 Å². The standard InChI is InChI=1S/C53H38Cl2/c1-34-29-31-42(40-23-11-9-21-38(34)40)50-48(36-17-5-3-6-18-36)44-25-13-15-27-46(44)52(50,54)33-53(55)47-28-16-14-26-45(47)49(37-19-7-4-8-20-37)51(53)43-32-30-35(2)39-22-10-12-24-41(39)43/h3-32H,33H2,1-2H3. The molecule has 0 aliphatic heterocycles. The van der Waals surface area contributed by atoms with E-state index in [1.54, 1.807) is 0 Å². The molecule has 2 aliphatic carbocycles. The van der Waals surface area contributed by atoms with E-state index in [4.69, 9.17) is 23.2 Å². The molecule has 0 radical (unpaired) electrons. The number of hydrogen-bond acceptors (Lipinski definition) is 0. The van der Waals surface area contributed by atoms with Crippen LogP contribution in [-0.4, -0.2) is 0 Å². The van der Waals surface area contributed by atoms with Crippen molar-refractivity contribution in [2.45, 2.75) is 30.0 Å². The third-order valence-electron chi connectivity index (χ3n) is 12.0. The molecule has 264 valence electrons. The molecule has 0 N–H and O–H groups in total. The maximum absolute atomic E-state index is 8.65. The molecule has 10 rings (SSSR count). The second kappa shape index (κ2) is 13.0. The molecule has 8 aromatic rings. The lowest BCUT2D eigenvalue weighted by molar-refractivity contribution is 0.606. The fourth-order valence-electron chi connectivity index (χ4n) is 9.57. The molecule has 2 aliphatic rings. The Morgan fingerprint density at radius 1 is 0.345 bits per heavy atom. The van der Waals surface area contributed by atoms with E-state index < -0.39 is 9.75 Å². The maximum atomic E-state index is 8.65. The second-order valence-corrected chi connectivity index (χ2v) is 16.3. The van der Waals surface area contributed by atoms with Crippen LogP contribution in [0.25, 0.3) is 43.8 Å².